The summed E-state index contributed by atoms with van der Waals surface area (Å²) in [6.07, 6.45) is 5.00. The van der Waals surface area contributed by atoms with Gasteiger partial charge in [0.15, 0.2) is 0 Å². The van der Waals surface area contributed by atoms with Crippen LogP contribution in [0.3, 0.4) is 0 Å². The number of carbonyl (C=O) groups excluding carboxylic acids is 1. The largest absolute Gasteiger partial charge is 0.481 e. The van der Waals surface area contributed by atoms with Gasteiger partial charge in [0.2, 0.25) is 5.91 Å². The van der Waals surface area contributed by atoms with Crippen LogP contribution < -0.4 is 0 Å². The van der Waals surface area contributed by atoms with Crippen LogP contribution in [0.25, 0.3) is 0 Å². The standard InChI is InChI=1S/C15H16N2O4/c1-8(9-3-2-6-16-9)17-7-15-5-4-10(21-15)11(14(19)20)12(15)13(17)18/h2-6,8,10-12,16H,7H2,1H3,(H,19,20). The van der Waals surface area contributed by atoms with E-state index in [1.165, 1.54) is 0 Å². The molecule has 4 heterocycles. The summed E-state index contributed by atoms with van der Waals surface area (Å²) in [6, 6.07) is 3.68. The number of aliphatic carboxylic acids is 1. The Morgan fingerprint density at radius 2 is 2.43 bits per heavy atom. The molecule has 1 spiro atoms. The van der Waals surface area contributed by atoms with Crippen molar-refractivity contribution in [1.82, 2.24) is 9.88 Å². The van der Waals surface area contributed by atoms with Gasteiger partial charge in [-0.25, -0.2) is 0 Å². The Kier molecular flexibility index (Phi) is 2.39. The van der Waals surface area contributed by atoms with Crippen LogP contribution in [0.4, 0.5) is 0 Å². The minimum Gasteiger partial charge on any atom is -0.481 e. The van der Waals surface area contributed by atoms with E-state index in [4.69, 9.17) is 4.74 Å². The quantitative estimate of drug-likeness (QED) is 0.811. The van der Waals surface area contributed by atoms with Crippen molar-refractivity contribution in [2.24, 2.45) is 11.8 Å². The number of aromatic amines is 1. The van der Waals surface area contributed by atoms with Crippen molar-refractivity contribution in [3.63, 3.8) is 0 Å². The number of ether oxygens (including phenoxy) is 1. The number of carbonyl (C=O) groups is 2. The van der Waals surface area contributed by atoms with E-state index in [0.29, 0.717) is 6.54 Å². The molecule has 0 saturated carbocycles. The summed E-state index contributed by atoms with van der Waals surface area (Å²) in [5.74, 6) is -2.47. The summed E-state index contributed by atoms with van der Waals surface area (Å²) >= 11 is 0. The van der Waals surface area contributed by atoms with Gasteiger partial charge in [-0.1, -0.05) is 12.2 Å². The molecule has 2 bridgehead atoms. The minimum atomic E-state index is -0.959. The van der Waals surface area contributed by atoms with Crippen molar-refractivity contribution in [2.45, 2.75) is 24.7 Å². The fourth-order valence-corrected chi connectivity index (χ4v) is 3.91. The third-order valence-corrected chi connectivity index (χ3v) is 4.95. The average molecular weight is 288 g/mol. The monoisotopic (exact) mass is 288 g/mol. The number of H-pyrrole nitrogens is 1. The lowest BCUT2D eigenvalue weighted by atomic mass is 9.77. The van der Waals surface area contributed by atoms with Gasteiger partial charge in [0.25, 0.3) is 0 Å². The Morgan fingerprint density at radius 1 is 1.62 bits per heavy atom. The molecule has 4 rings (SSSR count). The maximum atomic E-state index is 12.8. The van der Waals surface area contributed by atoms with Gasteiger partial charge in [-0.05, 0) is 19.1 Å². The second kappa shape index (κ2) is 3.98. The molecule has 3 aliphatic heterocycles. The molecule has 2 N–H and O–H groups in total. The highest BCUT2D eigenvalue weighted by molar-refractivity contribution is 5.91. The number of fused-ring (bicyclic) bond motifs is 1. The summed E-state index contributed by atoms with van der Waals surface area (Å²) in [6.45, 7) is 2.35. The first kappa shape index (κ1) is 12.6. The van der Waals surface area contributed by atoms with Crippen molar-refractivity contribution in [2.75, 3.05) is 6.54 Å². The third kappa shape index (κ3) is 1.51. The molecule has 1 aromatic rings. The van der Waals surface area contributed by atoms with Crippen molar-refractivity contribution in [3.05, 3.63) is 36.2 Å². The zero-order valence-electron chi connectivity index (χ0n) is 11.5. The number of hydrogen-bond acceptors (Lipinski definition) is 3. The number of nitrogens with one attached hydrogen (secondary N) is 1. The molecule has 0 aliphatic carbocycles. The van der Waals surface area contributed by atoms with Gasteiger partial charge in [-0.3, -0.25) is 9.59 Å². The summed E-state index contributed by atoms with van der Waals surface area (Å²) in [4.78, 5) is 29.1. The predicted octanol–water partition coefficient (Wildman–Crippen LogP) is 0.942. The highest BCUT2D eigenvalue weighted by atomic mass is 16.5. The molecule has 1 amide bonds. The fraction of sp³-hybridized carbons (Fsp3) is 0.467. The van der Waals surface area contributed by atoms with Crippen molar-refractivity contribution in [3.8, 4) is 0 Å². The van der Waals surface area contributed by atoms with E-state index in [1.807, 2.05) is 31.3 Å². The van der Waals surface area contributed by atoms with Crippen LogP contribution >= 0.6 is 0 Å². The van der Waals surface area contributed by atoms with E-state index in [1.54, 1.807) is 11.0 Å². The number of hydrogen-bond donors (Lipinski definition) is 2. The number of amides is 1. The molecule has 6 nitrogen and oxygen atoms in total. The highest BCUT2D eigenvalue weighted by Crippen LogP contribution is 2.53. The van der Waals surface area contributed by atoms with Crippen molar-refractivity contribution < 1.29 is 19.4 Å². The van der Waals surface area contributed by atoms with Crippen LogP contribution in [0.2, 0.25) is 0 Å². The van der Waals surface area contributed by atoms with Crippen LogP contribution in [0.15, 0.2) is 30.5 Å². The number of likely N-dealkylation sites (tertiary alicyclic amines) is 1. The van der Waals surface area contributed by atoms with Gasteiger partial charge in [-0.15, -0.1) is 0 Å². The van der Waals surface area contributed by atoms with Gasteiger partial charge in [0, 0.05) is 11.9 Å². The van der Waals surface area contributed by atoms with E-state index >= 15 is 0 Å². The first-order chi connectivity index (χ1) is 10.0. The second-order valence-electron chi connectivity index (χ2n) is 6.01. The Labute approximate surface area is 121 Å². The summed E-state index contributed by atoms with van der Waals surface area (Å²) in [5, 5.41) is 9.41. The van der Waals surface area contributed by atoms with Gasteiger partial charge < -0.3 is 19.7 Å². The predicted molar refractivity (Wildman–Crippen MR) is 72.3 cm³/mol. The Bertz CT molecular complexity index is 638. The lowest BCUT2D eigenvalue weighted by Gasteiger charge is -2.26. The first-order valence-electron chi connectivity index (χ1n) is 7.07. The van der Waals surface area contributed by atoms with E-state index in [-0.39, 0.29) is 11.9 Å². The molecular weight excluding hydrogens is 272 g/mol. The van der Waals surface area contributed by atoms with Crippen LogP contribution in [0.1, 0.15) is 18.7 Å². The number of carboxylic acid groups (broad SMARTS) is 1. The molecular formula is C15H16N2O4. The Morgan fingerprint density at radius 3 is 3.10 bits per heavy atom. The van der Waals surface area contributed by atoms with Crippen LogP contribution in [0, 0.1) is 11.8 Å². The van der Waals surface area contributed by atoms with Gasteiger partial charge >= 0.3 is 5.97 Å². The topological polar surface area (TPSA) is 82.6 Å². The summed E-state index contributed by atoms with van der Waals surface area (Å²) in [7, 11) is 0. The van der Waals surface area contributed by atoms with Gasteiger partial charge in [-0.2, -0.15) is 0 Å². The first-order valence-corrected chi connectivity index (χ1v) is 7.07. The lowest BCUT2D eigenvalue weighted by Crippen LogP contribution is -2.39. The zero-order chi connectivity index (χ0) is 14.8. The van der Waals surface area contributed by atoms with Gasteiger partial charge in [0.05, 0.1) is 24.6 Å². The number of aromatic nitrogens is 1. The number of carboxylic acids is 1. The molecule has 3 aliphatic rings. The zero-order valence-corrected chi connectivity index (χ0v) is 11.5. The molecule has 0 radical (unpaired) electrons. The van der Waals surface area contributed by atoms with E-state index in [2.05, 4.69) is 4.98 Å². The number of rotatable bonds is 3. The highest BCUT2D eigenvalue weighted by Gasteiger charge is 2.67. The maximum absolute atomic E-state index is 12.8. The van der Waals surface area contributed by atoms with Crippen molar-refractivity contribution in [1.29, 1.82) is 0 Å². The molecule has 21 heavy (non-hydrogen) atoms. The number of nitrogens with zero attached hydrogens (tertiary/aromatic N) is 1. The minimum absolute atomic E-state index is 0.127. The molecule has 2 saturated heterocycles. The average Bonchev–Trinajstić information content (AvgIpc) is 3.18. The maximum Gasteiger partial charge on any atom is 0.310 e. The van der Waals surface area contributed by atoms with Gasteiger partial charge in [0.1, 0.15) is 11.5 Å². The summed E-state index contributed by atoms with van der Waals surface area (Å²) in [5.41, 5.74) is 0.177. The lowest BCUT2D eigenvalue weighted by molar-refractivity contribution is -0.148. The second-order valence-corrected chi connectivity index (χ2v) is 6.01. The van der Waals surface area contributed by atoms with E-state index < -0.39 is 29.5 Å². The van der Waals surface area contributed by atoms with Crippen LogP contribution in [-0.4, -0.2) is 45.1 Å². The smallest absolute Gasteiger partial charge is 0.310 e. The summed E-state index contributed by atoms with van der Waals surface area (Å²) < 4.78 is 5.86. The molecule has 110 valence electrons. The molecule has 6 heteroatoms. The Hall–Kier alpha value is -2.08. The molecule has 1 aromatic heterocycles. The van der Waals surface area contributed by atoms with Crippen LogP contribution in [-0.2, 0) is 14.3 Å². The molecule has 2 fully saturated rings. The van der Waals surface area contributed by atoms with Crippen LogP contribution in [0.5, 0.6) is 0 Å². The SMILES string of the molecule is CC(c1ccc[nH]1)N1CC23C=CC(O2)C(C(=O)O)C3C1=O. The molecule has 5 atom stereocenters. The fourth-order valence-electron chi connectivity index (χ4n) is 3.91. The van der Waals surface area contributed by atoms with E-state index in [9.17, 15) is 14.7 Å². The molecule has 5 unspecified atom stereocenters. The Balaban J connectivity index is 1.69. The third-order valence-electron chi connectivity index (χ3n) is 4.95. The van der Waals surface area contributed by atoms with Crippen molar-refractivity contribution >= 4 is 11.9 Å². The normalized spacial score (nSPS) is 38.0. The molecule has 0 aromatic carbocycles. The van der Waals surface area contributed by atoms with E-state index in [0.717, 1.165) is 5.69 Å².